The van der Waals surface area contributed by atoms with Crippen LogP contribution in [0.25, 0.3) is 10.2 Å². The molecule has 0 radical (unpaired) electrons. The topological polar surface area (TPSA) is 104 Å². The summed E-state index contributed by atoms with van der Waals surface area (Å²) in [5, 5.41) is 14.2. The first-order valence-electron chi connectivity index (χ1n) is 8.30. The van der Waals surface area contributed by atoms with Crippen LogP contribution in [0, 0.1) is 20.8 Å². The third-order valence-corrected chi connectivity index (χ3v) is 5.67. The van der Waals surface area contributed by atoms with Crippen LogP contribution in [0.3, 0.4) is 0 Å². The number of carboxylic acids is 1. The highest BCUT2D eigenvalue weighted by Gasteiger charge is 2.21. The van der Waals surface area contributed by atoms with Crippen LogP contribution >= 0.6 is 11.3 Å². The van der Waals surface area contributed by atoms with Crippen molar-refractivity contribution < 1.29 is 14.7 Å². The Morgan fingerprint density at radius 3 is 2.59 bits per heavy atom. The lowest BCUT2D eigenvalue weighted by molar-refractivity contribution is -0.309. The molecule has 0 aliphatic rings. The number of carboxylic acid groups (broad SMARTS) is 1. The van der Waals surface area contributed by atoms with E-state index in [1.54, 1.807) is 6.92 Å². The molecule has 0 spiro atoms. The first-order valence-corrected chi connectivity index (χ1v) is 9.12. The van der Waals surface area contributed by atoms with Crippen molar-refractivity contribution in [1.29, 1.82) is 0 Å². The molecule has 8 heteroatoms. The Labute approximate surface area is 159 Å². The molecule has 1 amide bonds. The highest BCUT2D eigenvalue weighted by atomic mass is 32.1. The van der Waals surface area contributed by atoms with Gasteiger partial charge in [-0.05, 0) is 44.9 Å². The largest absolute Gasteiger partial charge is 0.548 e. The number of carbonyl (C=O) groups excluding carboxylic acids is 2. The van der Waals surface area contributed by atoms with Gasteiger partial charge in [0.05, 0.1) is 28.6 Å². The Balaban J connectivity index is 2.04. The number of thiophene rings is 1. The summed E-state index contributed by atoms with van der Waals surface area (Å²) in [6.07, 6.45) is 1.17. The van der Waals surface area contributed by atoms with Crippen molar-refractivity contribution in [3.8, 4) is 0 Å². The number of amides is 1. The summed E-state index contributed by atoms with van der Waals surface area (Å²) < 4.78 is 1.00. The van der Waals surface area contributed by atoms with Crippen LogP contribution in [0.4, 0.5) is 5.69 Å². The maximum atomic E-state index is 12.7. The second-order valence-electron chi connectivity index (χ2n) is 6.46. The number of rotatable bonds is 4. The first kappa shape index (κ1) is 18.8. The van der Waals surface area contributed by atoms with Crippen molar-refractivity contribution in [2.24, 2.45) is 0 Å². The number of aromatic nitrogens is 2. The fraction of sp³-hybridized carbons (Fsp3) is 0.263. The second-order valence-corrected chi connectivity index (χ2v) is 7.46. The predicted octanol–water partition coefficient (Wildman–Crippen LogP) is 1.95. The molecule has 0 fully saturated rings. The van der Waals surface area contributed by atoms with Gasteiger partial charge in [-0.3, -0.25) is 14.2 Å². The number of fused-ring (bicyclic) bond motifs is 1. The molecule has 3 rings (SSSR count). The van der Waals surface area contributed by atoms with Crippen LogP contribution in [0.1, 0.15) is 39.3 Å². The number of carbonyl (C=O) groups is 2. The lowest BCUT2D eigenvalue weighted by atomic mass is 10.1. The maximum Gasteiger partial charge on any atom is 0.266 e. The van der Waals surface area contributed by atoms with E-state index in [1.807, 2.05) is 32.0 Å². The van der Waals surface area contributed by atoms with E-state index < -0.39 is 17.6 Å². The van der Waals surface area contributed by atoms with E-state index in [4.69, 9.17) is 0 Å². The van der Waals surface area contributed by atoms with Gasteiger partial charge in [0.25, 0.3) is 11.5 Å². The van der Waals surface area contributed by atoms with Gasteiger partial charge in [0.1, 0.15) is 4.83 Å². The van der Waals surface area contributed by atoms with Gasteiger partial charge >= 0.3 is 0 Å². The normalized spacial score (nSPS) is 12.1. The second kappa shape index (κ2) is 6.96. The van der Waals surface area contributed by atoms with E-state index in [2.05, 4.69) is 10.3 Å². The summed E-state index contributed by atoms with van der Waals surface area (Å²) in [7, 11) is 0. The van der Waals surface area contributed by atoms with Crippen LogP contribution in [0.15, 0.2) is 29.3 Å². The van der Waals surface area contributed by atoms with Gasteiger partial charge in [-0.15, -0.1) is 11.3 Å². The highest BCUT2D eigenvalue weighted by Crippen LogP contribution is 2.28. The maximum absolute atomic E-state index is 12.7. The van der Waals surface area contributed by atoms with Crippen molar-refractivity contribution in [2.75, 3.05) is 5.32 Å². The Morgan fingerprint density at radius 2 is 1.96 bits per heavy atom. The molecule has 0 bridgehead atoms. The minimum absolute atomic E-state index is 0.251. The average Bonchev–Trinajstić information content (AvgIpc) is 2.94. The molecule has 3 aromatic rings. The fourth-order valence-corrected chi connectivity index (χ4v) is 3.91. The minimum atomic E-state index is -1.38. The molecule has 0 aliphatic carbocycles. The van der Waals surface area contributed by atoms with Crippen LogP contribution in [-0.4, -0.2) is 21.4 Å². The summed E-state index contributed by atoms with van der Waals surface area (Å²) >= 11 is 1.10. The SMILES string of the molecule is Cc1ccc(NC(=O)c2sc3ncn(C(C)C(=O)[O-])c(=O)c3c2C)c(C)c1. The number of nitrogens with one attached hydrogen (secondary N) is 1. The van der Waals surface area contributed by atoms with Crippen molar-refractivity contribution in [1.82, 2.24) is 9.55 Å². The Morgan fingerprint density at radius 1 is 1.26 bits per heavy atom. The van der Waals surface area contributed by atoms with Crippen molar-refractivity contribution >= 4 is 39.1 Å². The molecule has 1 N–H and O–H groups in total. The van der Waals surface area contributed by atoms with Crippen molar-refractivity contribution in [3.63, 3.8) is 0 Å². The summed E-state index contributed by atoms with van der Waals surface area (Å²) in [4.78, 5) is 41.4. The highest BCUT2D eigenvalue weighted by molar-refractivity contribution is 7.20. The number of anilines is 1. The van der Waals surface area contributed by atoms with Gasteiger partial charge in [0.15, 0.2) is 0 Å². The van der Waals surface area contributed by atoms with Crippen LogP contribution in [0.2, 0.25) is 0 Å². The molecule has 1 unspecified atom stereocenters. The summed E-state index contributed by atoms with van der Waals surface area (Å²) in [5.74, 6) is -1.71. The van der Waals surface area contributed by atoms with Gasteiger partial charge < -0.3 is 15.2 Å². The zero-order chi connectivity index (χ0) is 19.9. The Kier molecular flexibility index (Phi) is 4.84. The average molecular weight is 384 g/mol. The number of aryl methyl sites for hydroxylation is 3. The molecule has 1 aromatic carbocycles. The fourth-order valence-electron chi connectivity index (χ4n) is 2.88. The standard InChI is InChI=1S/C19H19N3O4S/c1-9-5-6-13(10(2)7-9)21-16(23)15-11(3)14-17(27-15)20-8-22(18(14)24)12(4)19(25)26/h5-8,12H,1-4H3,(H,21,23)(H,25,26)/p-1. The van der Waals surface area contributed by atoms with Crippen LogP contribution < -0.4 is 16.0 Å². The number of aliphatic carboxylic acids is 1. The number of hydrogen-bond donors (Lipinski definition) is 1. The Bertz CT molecular complexity index is 1130. The van der Waals surface area contributed by atoms with E-state index >= 15 is 0 Å². The molecule has 0 aliphatic heterocycles. The van der Waals surface area contributed by atoms with E-state index in [-0.39, 0.29) is 11.3 Å². The van der Waals surface area contributed by atoms with Gasteiger partial charge in [0, 0.05) is 5.69 Å². The lowest BCUT2D eigenvalue weighted by Crippen LogP contribution is -2.36. The van der Waals surface area contributed by atoms with Gasteiger partial charge in [0.2, 0.25) is 0 Å². The van der Waals surface area contributed by atoms with Crippen LogP contribution in [-0.2, 0) is 4.79 Å². The van der Waals surface area contributed by atoms with Gasteiger partial charge in [-0.2, -0.15) is 0 Å². The minimum Gasteiger partial charge on any atom is -0.548 e. The third-order valence-electron chi connectivity index (χ3n) is 4.47. The zero-order valence-electron chi connectivity index (χ0n) is 15.3. The van der Waals surface area contributed by atoms with Crippen molar-refractivity contribution in [2.45, 2.75) is 33.7 Å². The smallest absolute Gasteiger partial charge is 0.266 e. The molecule has 2 heterocycles. The number of nitrogens with zero attached hydrogens (tertiary/aromatic N) is 2. The van der Waals surface area contributed by atoms with Crippen LogP contribution in [0.5, 0.6) is 0 Å². The Hall–Kier alpha value is -3.00. The molecule has 27 heavy (non-hydrogen) atoms. The molecule has 140 valence electrons. The number of benzene rings is 1. The quantitative estimate of drug-likeness (QED) is 0.740. The molecular weight excluding hydrogens is 366 g/mol. The molecule has 0 saturated heterocycles. The van der Waals surface area contributed by atoms with Gasteiger partial charge in [-0.1, -0.05) is 17.7 Å². The van der Waals surface area contributed by atoms with E-state index in [0.717, 1.165) is 27.0 Å². The first-order chi connectivity index (χ1) is 12.7. The predicted molar refractivity (Wildman–Crippen MR) is 102 cm³/mol. The van der Waals surface area contributed by atoms with E-state index in [1.165, 1.54) is 13.3 Å². The monoisotopic (exact) mass is 384 g/mol. The van der Waals surface area contributed by atoms with E-state index in [9.17, 15) is 19.5 Å². The molecule has 0 saturated carbocycles. The molecule has 1 atom stereocenters. The summed E-state index contributed by atoms with van der Waals surface area (Å²) in [5.41, 5.74) is 2.70. The third kappa shape index (κ3) is 3.35. The molecule has 7 nitrogen and oxygen atoms in total. The van der Waals surface area contributed by atoms with Crippen molar-refractivity contribution in [3.05, 3.63) is 56.4 Å². The molecular formula is C19H18N3O4S-. The summed E-state index contributed by atoms with van der Waals surface area (Å²) in [6, 6.07) is 4.55. The lowest BCUT2D eigenvalue weighted by Gasteiger charge is -2.15. The zero-order valence-corrected chi connectivity index (χ0v) is 16.1. The van der Waals surface area contributed by atoms with Gasteiger partial charge in [-0.25, -0.2) is 4.98 Å². The van der Waals surface area contributed by atoms with E-state index in [0.29, 0.717) is 21.0 Å². The molecule has 2 aromatic heterocycles. The summed E-state index contributed by atoms with van der Waals surface area (Å²) in [6.45, 7) is 6.88. The number of hydrogen-bond acceptors (Lipinski definition) is 6.